The highest BCUT2D eigenvalue weighted by molar-refractivity contribution is 14.1. The lowest BCUT2D eigenvalue weighted by Gasteiger charge is -2.23. The summed E-state index contributed by atoms with van der Waals surface area (Å²) >= 11 is 2.19. The number of carbonyl (C=O) groups excluding carboxylic acids is 2. The van der Waals surface area contributed by atoms with Crippen molar-refractivity contribution in [2.45, 2.75) is 45.3 Å². The van der Waals surface area contributed by atoms with Crippen LogP contribution in [0.5, 0.6) is 0 Å². The molecule has 1 aromatic rings. The van der Waals surface area contributed by atoms with Crippen molar-refractivity contribution in [1.82, 2.24) is 5.32 Å². The zero-order valence-electron chi connectivity index (χ0n) is 14.0. The lowest BCUT2D eigenvalue weighted by atomic mass is 10.0. The van der Waals surface area contributed by atoms with Crippen molar-refractivity contribution in [3.63, 3.8) is 0 Å². The Morgan fingerprint density at radius 1 is 1.22 bits per heavy atom. The Labute approximate surface area is 151 Å². The Hall–Kier alpha value is -1.15. The highest BCUT2D eigenvalue weighted by atomic mass is 127. The van der Waals surface area contributed by atoms with E-state index in [4.69, 9.17) is 9.47 Å². The molecule has 1 atom stereocenters. The van der Waals surface area contributed by atoms with Gasteiger partial charge in [0, 0.05) is 35.3 Å². The van der Waals surface area contributed by atoms with Crippen LogP contribution in [-0.2, 0) is 9.47 Å². The monoisotopic (exact) mass is 433 g/mol. The van der Waals surface area contributed by atoms with E-state index in [9.17, 15) is 9.59 Å². The van der Waals surface area contributed by atoms with Gasteiger partial charge in [-0.15, -0.1) is 0 Å². The Kier molecular flexibility index (Phi) is 7.98. The Balaban J connectivity index is 2.68. The van der Waals surface area contributed by atoms with Crippen molar-refractivity contribution >= 4 is 34.5 Å². The minimum atomic E-state index is -0.573. The van der Waals surface area contributed by atoms with E-state index in [0.29, 0.717) is 18.6 Å². The third kappa shape index (κ3) is 8.31. The molecule has 0 saturated carbocycles. The van der Waals surface area contributed by atoms with Crippen LogP contribution in [0.1, 0.15) is 44.0 Å². The molecule has 6 heteroatoms. The third-order valence-electron chi connectivity index (χ3n) is 2.99. The van der Waals surface area contributed by atoms with Gasteiger partial charge in [0.1, 0.15) is 5.60 Å². The van der Waals surface area contributed by atoms with Crippen LogP contribution in [0, 0.1) is 3.57 Å². The molecule has 1 N–H and O–H groups in total. The van der Waals surface area contributed by atoms with Crippen molar-refractivity contribution in [1.29, 1.82) is 0 Å². The number of nitrogens with one attached hydrogen (secondary N) is 1. The normalized spacial score (nSPS) is 12.6. The summed E-state index contributed by atoms with van der Waals surface area (Å²) in [7, 11) is 1.59. The molecule has 0 aromatic heterocycles. The minimum absolute atomic E-state index is 0.0152. The van der Waals surface area contributed by atoms with E-state index in [1.807, 2.05) is 12.1 Å². The van der Waals surface area contributed by atoms with Crippen LogP contribution in [0.4, 0.5) is 4.79 Å². The van der Waals surface area contributed by atoms with Crippen LogP contribution in [-0.4, -0.2) is 37.2 Å². The van der Waals surface area contributed by atoms with Crippen molar-refractivity contribution in [3.05, 3.63) is 33.4 Å². The third-order valence-corrected chi connectivity index (χ3v) is 3.71. The zero-order valence-corrected chi connectivity index (χ0v) is 16.2. The van der Waals surface area contributed by atoms with E-state index in [1.54, 1.807) is 40.0 Å². The average Bonchev–Trinajstić information content (AvgIpc) is 2.43. The summed E-state index contributed by atoms with van der Waals surface area (Å²) in [4.78, 5) is 24.3. The van der Waals surface area contributed by atoms with Gasteiger partial charge >= 0.3 is 6.09 Å². The largest absolute Gasteiger partial charge is 0.444 e. The number of alkyl carbamates (subject to hydrolysis) is 1. The Morgan fingerprint density at radius 2 is 1.83 bits per heavy atom. The van der Waals surface area contributed by atoms with Crippen molar-refractivity contribution < 1.29 is 19.1 Å². The average molecular weight is 433 g/mol. The highest BCUT2D eigenvalue weighted by Crippen LogP contribution is 2.12. The van der Waals surface area contributed by atoms with E-state index in [0.717, 1.165) is 3.57 Å². The van der Waals surface area contributed by atoms with Crippen LogP contribution < -0.4 is 5.32 Å². The lowest BCUT2D eigenvalue weighted by molar-refractivity contribution is 0.0490. The fraction of sp³-hybridized carbons (Fsp3) is 0.529. The number of hydrogen-bond donors (Lipinski definition) is 1. The molecule has 0 saturated heterocycles. The van der Waals surface area contributed by atoms with E-state index < -0.39 is 11.7 Å². The Bertz CT molecular complexity index is 522. The zero-order chi connectivity index (χ0) is 17.5. The summed E-state index contributed by atoms with van der Waals surface area (Å²) in [5.74, 6) is -0.0152. The summed E-state index contributed by atoms with van der Waals surface area (Å²) in [6.07, 6.45) is 0.240. The maximum Gasteiger partial charge on any atom is 0.407 e. The van der Waals surface area contributed by atoms with E-state index in [-0.39, 0.29) is 18.2 Å². The number of ether oxygens (including phenoxy) is 2. The van der Waals surface area contributed by atoms with Gasteiger partial charge in [0.15, 0.2) is 5.78 Å². The fourth-order valence-corrected chi connectivity index (χ4v) is 2.30. The van der Waals surface area contributed by atoms with Crippen LogP contribution in [0.25, 0.3) is 0 Å². The first kappa shape index (κ1) is 19.9. The molecular formula is C17H24INO4. The molecule has 1 rings (SSSR count). The van der Waals surface area contributed by atoms with Crippen LogP contribution >= 0.6 is 22.6 Å². The molecule has 128 valence electrons. The van der Waals surface area contributed by atoms with E-state index in [2.05, 4.69) is 27.9 Å². The van der Waals surface area contributed by atoms with Crippen LogP contribution in [0.2, 0.25) is 0 Å². The van der Waals surface area contributed by atoms with E-state index in [1.165, 1.54) is 0 Å². The van der Waals surface area contributed by atoms with Gasteiger partial charge in [-0.2, -0.15) is 0 Å². The summed E-state index contributed by atoms with van der Waals surface area (Å²) in [6, 6.07) is 7.05. The highest BCUT2D eigenvalue weighted by Gasteiger charge is 2.21. The first-order valence-electron chi connectivity index (χ1n) is 7.48. The minimum Gasteiger partial charge on any atom is -0.444 e. The first-order chi connectivity index (χ1) is 10.7. The molecule has 1 aromatic carbocycles. The molecule has 1 unspecified atom stereocenters. The molecule has 0 aliphatic carbocycles. The molecule has 0 aliphatic heterocycles. The molecule has 0 fully saturated rings. The molecule has 0 spiro atoms. The molecule has 5 nitrogen and oxygen atoms in total. The number of methoxy groups -OCH3 is 1. The van der Waals surface area contributed by atoms with Gasteiger partial charge in [-0.05, 0) is 61.9 Å². The topological polar surface area (TPSA) is 64.6 Å². The van der Waals surface area contributed by atoms with Crippen LogP contribution in [0.15, 0.2) is 24.3 Å². The number of benzene rings is 1. The number of ketones is 1. The molecule has 23 heavy (non-hydrogen) atoms. The predicted octanol–water partition coefficient (Wildman–Crippen LogP) is 3.79. The second-order valence-electron chi connectivity index (χ2n) is 6.26. The van der Waals surface area contributed by atoms with Gasteiger partial charge in [0.2, 0.25) is 0 Å². The number of amides is 1. The maximum absolute atomic E-state index is 12.4. The molecule has 0 bridgehead atoms. The van der Waals surface area contributed by atoms with Crippen molar-refractivity contribution in [3.8, 4) is 0 Å². The second kappa shape index (κ2) is 9.22. The van der Waals surface area contributed by atoms with Gasteiger partial charge in [-0.3, -0.25) is 4.79 Å². The number of halogens is 1. The second-order valence-corrected chi connectivity index (χ2v) is 7.50. The summed E-state index contributed by atoms with van der Waals surface area (Å²) < 4.78 is 11.4. The van der Waals surface area contributed by atoms with Gasteiger partial charge in [-0.1, -0.05) is 12.1 Å². The molecule has 0 aliphatic rings. The molecule has 0 heterocycles. The number of Topliss-reactive ketones (excluding diaryl/α,β-unsaturated/α-hetero) is 1. The number of rotatable bonds is 7. The first-order valence-corrected chi connectivity index (χ1v) is 8.56. The molecule has 1 amide bonds. The predicted molar refractivity (Wildman–Crippen MR) is 97.8 cm³/mol. The van der Waals surface area contributed by atoms with Crippen LogP contribution in [0.3, 0.4) is 0 Å². The summed E-state index contributed by atoms with van der Waals surface area (Å²) in [6.45, 7) is 5.86. The van der Waals surface area contributed by atoms with Gasteiger partial charge in [-0.25, -0.2) is 4.79 Å². The van der Waals surface area contributed by atoms with E-state index >= 15 is 0 Å². The summed E-state index contributed by atoms with van der Waals surface area (Å²) in [5, 5.41) is 2.76. The van der Waals surface area contributed by atoms with Crippen molar-refractivity contribution in [2.24, 2.45) is 0 Å². The van der Waals surface area contributed by atoms with Gasteiger partial charge in [0.25, 0.3) is 0 Å². The van der Waals surface area contributed by atoms with Gasteiger partial charge < -0.3 is 14.8 Å². The lowest BCUT2D eigenvalue weighted by Crippen LogP contribution is -2.40. The van der Waals surface area contributed by atoms with Gasteiger partial charge in [0.05, 0.1) is 0 Å². The SMILES string of the molecule is COCCC(CC(=O)c1ccc(I)cc1)NC(=O)OC(C)(C)C. The fourth-order valence-electron chi connectivity index (χ4n) is 1.94. The van der Waals surface area contributed by atoms with Crippen molar-refractivity contribution in [2.75, 3.05) is 13.7 Å². The molecular weight excluding hydrogens is 409 g/mol. The summed E-state index contributed by atoms with van der Waals surface area (Å²) in [5.41, 5.74) is 0.0644. The standard InChI is InChI=1S/C17H24INO4/c1-17(2,3)23-16(21)19-14(9-10-22-4)11-15(20)12-5-7-13(18)8-6-12/h5-8,14H,9-11H2,1-4H3,(H,19,21). The maximum atomic E-state index is 12.4. The molecule has 0 radical (unpaired) electrons. The Morgan fingerprint density at radius 3 is 2.35 bits per heavy atom. The number of carbonyl (C=O) groups is 2. The number of hydrogen-bond acceptors (Lipinski definition) is 4. The quantitative estimate of drug-likeness (QED) is 0.525. The smallest absolute Gasteiger partial charge is 0.407 e.